The highest BCUT2D eigenvalue weighted by molar-refractivity contribution is 6.28. The number of nitrogens with zero attached hydrogens (tertiary/aromatic N) is 5. The monoisotopic (exact) mass is 559 g/mol. The van der Waals surface area contributed by atoms with Crippen LogP contribution in [0.3, 0.4) is 0 Å². The van der Waals surface area contributed by atoms with Gasteiger partial charge >= 0.3 is 0 Å². The molecular formula is C39H21N5. The Morgan fingerprint density at radius 1 is 0.432 bits per heavy atom. The Kier molecular flexibility index (Phi) is 5.56. The van der Waals surface area contributed by atoms with Gasteiger partial charge in [0.1, 0.15) is 0 Å². The van der Waals surface area contributed by atoms with Crippen molar-refractivity contribution in [1.29, 1.82) is 15.8 Å². The smallest absolute Gasteiger partial charge is 0.0999 e. The SMILES string of the molecule is N#Cc1cc(C#N)c(-c2cccc(-n3c4ccccc4c4c5c6ccccc6n(-c6ccccc6)c5ccc43)c2)c(C#N)c1. The van der Waals surface area contributed by atoms with Crippen LogP contribution in [0.2, 0.25) is 0 Å². The molecule has 0 aliphatic heterocycles. The molecule has 8 rings (SSSR count). The van der Waals surface area contributed by atoms with Crippen LogP contribution >= 0.6 is 0 Å². The van der Waals surface area contributed by atoms with Crippen LogP contribution in [0, 0.1) is 34.0 Å². The van der Waals surface area contributed by atoms with Crippen molar-refractivity contribution in [2.75, 3.05) is 0 Å². The second-order valence-corrected chi connectivity index (χ2v) is 10.7. The molecule has 0 spiro atoms. The summed E-state index contributed by atoms with van der Waals surface area (Å²) in [5, 5.41) is 34.0. The van der Waals surface area contributed by atoms with Crippen LogP contribution in [0.25, 0.3) is 66.1 Å². The Morgan fingerprint density at radius 2 is 0.955 bits per heavy atom. The summed E-state index contributed by atoms with van der Waals surface area (Å²) in [6.07, 6.45) is 0. The van der Waals surface area contributed by atoms with E-state index in [2.05, 4.69) is 112 Å². The van der Waals surface area contributed by atoms with Crippen molar-refractivity contribution in [3.63, 3.8) is 0 Å². The van der Waals surface area contributed by atoms with Crippen molar-refractivity contribution < 1.29 is 0 Å². The van der Waals surface area contributed by atoms with Gasteiger partial charge < -0.3 is 9.13 Å². The van der Waals surface area contributed by atoms with E-state index in [1.807, 2.05) is 30.3 Å². The molecule has 6 aromatic carbocycles. The minimum atomic E-state index is 0.291. The summed E-state index contributed by atoms with van der Waals surface area (Å²) in [5.74, 6) is 0. The Balaban J connectivity index is 1.46. The molecule has 0 N–H and O–H groups in total. The molecule has 0 atom stereocenters. The number of hydrogen-bond donors (Lipinski definition) is 0. The summed E-state index contributed by atoms with van der Waals surface area (Å²) in [6, 6.07) is 49.3. The van der Waals surface area contributed by atoms with Crippen molar-refractivity contribution in [2.45, 2.75) is 0 Å². The van der Waals surface area contributed by atoms with E-state index in [1.54, 1.807) is 12.1 Å². The van der Waals surface area contributed by atoms with Gasteiger partial charge in [-0.05, 0) is 66.2 Å². The summed E-state index contributed by atoms with van der Waals surface area (Å²) < 4.78 is 4.58. The van der Waals surface area contributed by atoms with Gasteiger partial charge in [0.25, 0.3) is 0 Å². The standard InChI is InChI=1S/C39H21N5/c40-22-25-19-27(23-41)37(28(20-25)24-42)26-9-8-12-30(21-26)44-34-16-7-5-14-32(34)39-36(44)18-17-35-38(39)31-13-4-6-15-33(31)43(35)29-10-2-1-3-11-29/h1-21H. The third kappa shape index (κ3) is 3.56. The second-order valence-electron chi connectivity index (χ2n) is 10.7. The third-order valence-corrected chi connectivity index (χ3v) is 8.39. The predicted octanol–water partition coefficient (Wildman–Crippen LogP) is 9.16. The van der Waals surface area contributed by atoms with Gasteiger partial charge in [-0.3, -0.25) is 0 Å². The van der Waals surface area contributed by atoms with E-state index in [1.165, 1.54) is 16.2 Å². The molecule has 0 amide bonds. The van der Waals surface area contributed by atoms with Gasteiger partial charge in [0.2, 0.25) is 0 Å². The lowest BCUT2D eigenvalue weighted by atomic mass is 9.93. The van der Waals surface area contributed by atoms with Gasteiger partial charge in [0, 0.05) is 38.5 Å². The summed E-state index contributed by atoms with van der Waals surface area (Å²) >= 11 is 0. The maximum atomic E-state index is 9.95. The molecule has 2 aromatic heterocycles. The van der Waals surface area contributed by atoms with Crippen LogP contribution in [-0.4, -0.2) is 9.13 Å². The Labute approximate surface area is 252 Å². The number of benzene rings is 6. The van der Waals surface area contributed by atoms with Crippen molar-refractivity contribution in [1.82, 2.24) is 9.13 Å². The van der Waals surface area contributed by atoms with Crippen molar-refractivity contribution in [2.24, 2.45) is 0 Å². The van der Waals surface area contributed by atoms with Crippen LogP contribution < -0.4 is 0 Å². The molecule has 44 heavy (non-hydrogen) atoms. The molecule has 0 saturated heterocycles. The normalized spacial score (nSPS) is 11.1. The number of nitriles is 3. The average molecular weight is 560 g/mol. The molecule has 0 unspecified atom stereocenters. The molecule has 202 valence electrons. The van der Waals surface area contributed by atoms with Gasteiger partial charge in [0.15, 0.2) is 0 Å². The molecule has 5 heteroatoms. The largest absolute Gasteiger partial charge is 0.309 e. The molecule has 0 bridgehead atoms. The first-order valence-corrected chi connectivity index (χ1v) is 14.2. The van der Waals surface area contributed by atoms with Gasteiger partial charge in [0.05, 0.1) is 57.0 Å². The van der Waals surface area contributed by atoms with E-state index in [4.69, 9.17) is 0 Å². The predicted molar refractivity (Wildman–Crippen MR) is 175 cm³/mol. The fourth-order valence-electron chi connectivity index (χ4n) is 6.65. The van der Waals surface area contributed by atoms with Crippen LogP contribution in [0.5, 0.6) is 0 Å². The molecule has 0 fully saturated rings. The lowest BCUT2D eigenvalue weighted by Crippen LogP contribution is -1.97. The maximum Gasteiger partial charge on any atom is 0.0999 e. The van der Waals surface area contributed by atoms with E-state index < -0.39 is 0 Å². The minimum absolute atomic E-state index is 0.291. The zero-order chi connectivity index (χ0) is 29.8. The van der Waals surface area contributed by atoms with Crippen molar-refractivity contribution >= 4 is 43.6 Å². The zero-order valence-corrected chi connectivity index (χ0v) is 23.4. The minimum Gasteiger partial charge on any atom is -0.309 e. The molecule has 0 aliphatic rings. The maximum absolute atomic E-state index is 9.95. The number of fused-ring (bicyclic) bond motifs is 7. The Morgan fingerprint density at radius 3 is 1.52 bits per heavy atom. The molecule has 0 aliphatic carbocycles. The van der Waals surface area contributed by atoms with Crippen LogP contribution in [-0.2, 0) is 0 Å². The fourth-order valence-corrected chi connectivity index (χ4v) is 6.65. The molecule has 8 aromatic rings. The Bertz CT molecular complexity index is 2550. The van der Waals surface area contributed by atoms with Gasteiger partial charge in [-0.25, -0.2) is 0 Å². The number of para-hydroxylation sites is 3. The number of rotatable bonds is 3. The fraction of sp³-hybridized carbons (Fsp3) is 0. The summed E-state index contributed by atoms with van der Waals surface area (Å²) in [5.41, 5.74) is 8.60. The van der Waals surface area contributed by atoms with E-state index in [0.29, 0.717) is 22.3 Å². The van der Waals surface area contributed by atoms with Crippen LogP contribution in [0.1, 0.15) is 16.7 Å². The van der Waals surface area contributed by atoms with Crippen molar-refractivity contribution in [3.8, 4) is 40.7 Å². The van der Waals surface area contributed by atoms with Gasteiger partial charge in [-0.1, -0.05) is 66.7 Å². The second kappa shape index (κ2) is 9.74. The van der Waals surface area contributed by atoms with Crippen LogP contribution in [0.4, 0.5) is 0 Å². The molecule has 2 heterocycles. The van der Waals surface area contributed by atoms with Gasteiger partial charge in [-0.15, -0.1) is 0 Å². The topological polar surface area (TPSA) is 81.2 Å². The number of aromatic nitrogens is 2. The van der Waals surface area contributed by atoms with Gasteiger partial charge in [-0.2, -0.15) is 15.8 Å². The first kappa shape index (κ1) is 25.1. The van der Waals surface area contributed by atoms with E-state index in [9.17, 15) is 15.8 Å². The first-order chi connectivity index (χ1) is 21.7. The summed E-state index contributed by atoms with van der Waals surface area (Å²) in [4.78, 5) is 0. The lowest BCUT2D eigenvalue weighted by molar-refractivity contribution is 1.17. The highest BCUT2D eigenvalue weighted by Crippen LogP contribution is 2.42. The molecule has 0 radical (unpaired) electrons. The molecular weight excluding hydrogens is 538 g/mol. The summed E-state index contributed by atoms with van der Waals surface area (Å²) in [7, 11) is 0. The highest BCUT2D eigenvalue weighted by atomic mass is 15.0. The van der Waals surface area contributed by atoms with E-state index in [0.717, 1.165) is 44.4 Å². The number of hydrogen-bond acceptors (Lipinski definition) is 3. The zero-order valence-electron chi connectivity index (χ0n) is 23.4. The molecule has 0 saturated carbocycles. The average Bonchev–Trinajstić information content (AvgIpc) is 3.61. The third-order valence-electron chi connectivity index (χ3n) is 8.39. The highest BCUT2D eigenvalue weighted by Gasteiger charge is 2.21. The lowest BCUT2D eigenvalue weighted by Gasteiger charge is -2.12. The molecule has 5 nitrogen and oxygen atoms in total. The quantitative estimate of drug-likeness (QED) is 0.216. The summed E-state index contributed by atoms with van der Waals surface area (Å²) in [6.45, 7) is 0. The Hall–Kier alpha value is -6.61. The first-order valence-electron chi connectivity index (χ1n) is 14.2. The van der Waals surface area contributed by atoms with Crippen LogP contribution in [0.15, 0.2) is 127 Å². The van der Waals surface area contributed by atoms with E-state index in [-0.39, 0.29) is 0 Å². The van der Waals surface area contributed by atoms with Crippen molar-refractivity contribution in [3.05, 3.63) is 144 Å². The van der Waals surface area contributed by atoms with E-state index >= 15 is 0 Å².